The molecule has 0 amide bonds. The summed E-state index contributed by atoms with van der Waals surface area (Å²) in [7, 11) is 1.94. The van der Waals surface area contributed by atoms with Crippen LogP contribution in [0.25, 0.3) is 11.0 Å². The van der Waals surface area contributed by atoms with E-state index in [1.54, 1.807) is 0 Å². The Kier molecular flexibility index (Phi) is 6.18. The molecule has 150 valence electrons. The van der Waals surface area contributed by atoms with Gasteiger partial charge in [-0.05, 0) is 39.8 Å². The van der Waals surface area contributed by atoms with Crippen LogP contribution in [0.3, 0.4) is 0 Å². The molecule has 3 aromatic rings. The van der Waals surface area contributed by atoms with E-state index in [0.29, 0.717) is 19.1 Å². The molecule has 0 radical (unpaired) electrons. The molecule has 8 nitrogen and oxygen atoms in total. The van der Waals surface area contributed by atoms with Gasteiger partial charge in [0, 0.05) is 19.0 Å². The number of guanidine groups is 1. The summed E-state index contributed by atoms with van der Waals surface area (Å²) in [5.74, 6) is 3.96. The molecule has 0 saturated carbocycles. The summed E-state index contributed by atoms with van der Waals surface area (Å²) in [6.45, 7) is 9.75. The summed E-state index contributed by atoms with van der Waals surface area (Å²) >= 11 is 0. The van der Waals surface area contributed by atoms with Gasteiger partial charge in [-0.15, -0.1) is 10.2 Å². The molecule has 0 saturated heterocycles. The maximum absolute atomic E-state index is 6.08. The average Bonchev–Trinajstić information content (AvgIpc) is 3.25. The van der Waals surface area contributed by atoms with Crippen LogP contribution >= 0.6 is 0 Å². The number of hydrogen-bond donors (Lipinski definition) is 2. The number of nitrogens with one attached hydrogen (secondary N) is 2. The van der Waals surface area contributed by atoms with Crippen molar-refractivity contribution >= 4 is 16.9 Å². The lowest BCUT2D eigenvalue weighted by Crippen LogP contribution is -2.38. The fourth-order valence-corrected chi connectivity index (χ4v) is 2.87. The van der Waals surface area contributed by atoms with Crippen molar-refractivity contribution in [2.45, 2.75) is 40.3 Å². The van der Waals surface area contributed by atoms with E-state index in [1.165, 1.54) is 0 Å². The minimum Gasteiger partial charge on any atom is -0.490 e. The molecule has 1 aromatic carbocycles. The first kappa shape index (κ1) is 19.7. The number of aromatic nitrogens is 3. The third-order valence-corrected chi connectivity index (χ3v) is 4.51. The normalized spacial score (nSPS) is 13.0. The van der Waals surface area contributed by atoms with Gasteiger partial charge in [0.05, 0.1) is 12.6 Å². The van der Waals surface area contributed by atoms with Gasteiger partial charge in [0.15, 0.2) is 23.1 Å². The SMILES string of the molecule is CCNC(=NCc1nnc(C)n1C)NC(C)c1cc2cccc(OCC)c2o1. The Morgan fingerprint density at radius 2 is 2.14 bits per heavy atom. The fourth-order valence-electron chi connectivity index (χ4n) is 2.87. The molecule has 0 bridgehead atoms. The van der Waals surface area contributed by atoms with Crippen molar-refractivity contribution in [1.82, 2.24) is 25.4 Å². The molecule has 0 aliphatic heterocycles. The lowest BCUT2D eigenvalue weighted by molar-refractivity contribution is 0.336. The van der Waals surface area contributed by atoms with Gasteiger partial charge in [0.25, 0.3) is 0 Å². The van der Waals surface area contributed by atoms with E-state index < -0.39 is 0 Å². The van der Waals surface area contributed by atoms with Crippen LogP contribution in [0.5, 0.6) is 5.75 Å². The number of aryl methyl sites for hydroxylation is 1. The van der Waals surface area contributed by atoms with E-state index in [9.17, 15) is 0 Å². The predicted molar refractivity (Wildman–Crippen MR) is 109 cm³/mol. The lowest BCUT2D eigenvalue weighted by Gasteiger charge is -2.16. The summed E-state index contributed by atoms with van der Waals surface area (Å²) < 4.78 is 13.7. The third-order valence-electron chi connectivity index (χ3n) is 4.51. The van der Waals surface area contributed by atoms with E-state index in [4.69, 9.17) is 9.15 Å². The Morgan fingerprint density at radius 1 is 1.32 bits per heavy atom. The van der Waals surface area contributed by atoms with Gasteiger partial charge in [-0.3, -0.25) is 0 Å². The largest absolute Gasteiger partial charge is 0.490 e. The predicted octanol–water partition coefficient (Wildman–Crippen LogP) is 3.08. The first-order chi connectivity index (χ1) is 13.5. The molecule has 1 atom stereocenters. The zero-order valence-electron chi connectivity index (χ0n) is 17.1. The Labute approximate surface area is 165 Å². The first-order valence-electron chi connectivity index (χ1n) is 9.58. The van der Waals surface area contributed by atoms with Crippen LogP contribution in [0.4, 0.5) is 0 Å². The Bertz CT molecular complexity index is 959. The molecule has 2 heterocycles. The highest BCUT2D eigenvalue weighted by atomic mass is 16.5. The highest BCUT2D eigenvalue weighted by Gasteiger charge is 2.15. The first-order valence-corrected chi connectivity index (χ1v) is 9.58. The maximum atomic E-state index is 6.08. The van der Waals surface area contributed by atoms with Crippen LogP contribution < -0.4 is 15.4 Å². The summed E-state index contributed by atoms with van der Waals surface area (Å²) in [6, 6.07) is 7.88. The molecule has 0 aliphatic carbocycles. The van der Waals surface area contributed by atoms with Crippen molar-refractivity contribution in [3.63, 3.8) is 0 Å². The third kappa shape index (κ3) is 4.27. The van der Waals surface area contributed by atoms with E-state index >= 15 is 0 Å². The van der Waals surface area contributed by atoms with Crippen LogP contribution in [0, 0.1) is 6.92 Å². The number of nitrogens with zero attached hydrogens (tertiary/aromatic N) is 4. The molecule has 1 unspecified atom stereocenters. The van der Waals surface area contributed by atoms with Crippen molar-refractivity contribution in [1.29, 1.82) is 0 Å². The summed E-state index contributed by atoms with van der Waals surface area (Å²) in [6.07, 6.45) is 0. The second kappa shape index (κ2) is 8.77. The number of rotatable bonds is 7. The van der Waals surface area contributed by atoms with Crippen molar-refractivity contribution in [3.05, 3.63) is 41.7 Å². The Hall–Kier alpha value is -3.03. The van der Waals surface area contributed by atoms with Crippen molar-refractivity contribution in [2.24, 2.45) is 12.0 Å². The molecule has 0 spiro atoms. The molecular formula is C20H28N6O2. The topological polar surface area (TPSA) is 89.5 Å². The Balaban J connectivity index is 1.77. The number of fused-ring (bicyclic) bond motifs is 1. The molecule has 3 rings (SSSR count). The highest BCUT2D eigenvalue weighted by molar-refractivity contribution is 5.84. The van der Waals surface area contributed by atoms with Crippen molar-refractivity contribution in [2.75, 3.05) is 13.2 Å². The van der Waals surface area contributed by atoms with E-state index in [0.717, 1.165) is 40.7 Å². The number of hydrogen-bond acceptors (Lipinski definition) is 5. The second-order valence-electron chi connectivity index (χ2n) is 6.54. The number of aliphatic imine (C=N–C) groups is 1. The average molecular weight is 384 g/mol. The van der Waals surface area contributed by atoms with Crippen LogP contribution in [-0.2, 0) is 13.6 Å². The number of furan rings is 1. The molecule has 0 fully saturated rings. The quantitative estimate of drug-likeness (QED) is 0.481. The molecule has 8 heteroatoms. The van der Waals surface area contributed by atoms with Gasteiger partial charge in [-0.1, -0.05) is 12.1 Å². The van der Waals surface area contributed by atoms with Crippen LogP contribution in [0.1, 0.15) is 44.2 Å². The van der Waals surface area contributed by atoms with E-state index in [-0.39, 0.29) is 6.04 Å². The molecule has 0 aliphatic rings. The van der Waals surface area contributed by atoms with Crippen molar-refractivity contribution in [3.8, 4) is 5.75 Å². The maximum Gasteiger partial charge on any atom is 0.192 e. The van der Waals surface area contributed by atoms with Crippen LogP contribution in [0.2, 0.25) is 0 Å². The van der Waals surface area contributed by atoms with Gasteiger partial charge in [-0.25, -0.2) is 4.99 Å². The number of ether oxygens (including phenoxy) is 1. The number of para-hydroxylation sites is 1. The minimum absolute atomic E-state index is 0.0686. The highest BCUT2D eigenvalue weighted by Crippen LogP contribution is 2.31. The molecule has 2 N–H and O–H groups in total. The zero-order chi connectivity index (χ0) is 20.1. The van der Waals surface area contributed by atoms with Crippen LogP contribution in [-0.4, -0.2) is 33.9 Å². The van der Waals surface area contributed by atoms with Crippen molar-refractivity contribution < 1.29 is 9.15 Å². The molecular weight excluding hydrogens is 356 g/mol. The smallest absolute Gasteiger partial charge is 0.192 e. The van der Waals surface area contributed by atoms with E-state index in [1.807, 2.05) is 63.6 Å². The van der Waals surface area contributed by atoms with Crippen LogP contribution in [0.15, 0.2) is 33.7 Å². The van der Waals surface area contributed by atoms with Gasteiger partial charge in [-0.2, -0.15) is 0 Å². The standard InChI is InChI=1S/C20H28N6O2/c1-6-21-20(22-12-18-25-24-14(4)26(18)5)23-13(3)17-11-15-9-8-10-16(27-7-2)19(15)28-17/h8-11,13H,6-7,12H2,1-5H3,(H2,21,22,23). The fraction of sp³-hybridized carbons (Fsp3) is 0.450. The zero-order valence-corrected chi connectivity index (χ0v) is 17.1. The lowest BCUT2D eigenvalue weighted by atomic mass is 10.2. The number of benzene rings is 1. The summed E-state index contributed by atoms with van der Waals surface area (Å²) in [5.41, 5.74) is 0.768. The second-order valence-corrected chi connectivity index (χ2v) is 6.54. The minimum atomic E-state index is -0.0686. The van der Waals surface area contributed by atoms with Gasteiger partial charge < -0.3 is 24.4 Å². The molecule has 28 heavy (non-hydrogen) atoms. The van der Waals surface area contributed by atoms with Gasteiger partial charge >= 0.3 is 0 Å². The summed E-state index contributed by atoms with van der Waals surface area (Å²) in [5, 5.41) is 15.9. The Morgan fingerprint density at radius 3 is 2.82 bits per heavy atom. The van der Waals surface area contributed by atoms with E-state index in [2.05, 4.69) is 25.8 Å². The molecule has 2 aromatic heterocycles. The summed E-state index contributed by atoms with van der Waals surface area (Å²) in [4.78, 5) is 4.63. The van der Waals surface area contributed by atoms with Gasteiger partial charge in [0.1, 0.15) is 18.1 Å². The van der Waals surface area contributed by atoms with Gasteiger partial charge in [0.2, 0.25) is 0 Å². The monoisotopic (exact) mass is 384 g/mol.